The van der Waals surface area contributed by atoms with Gasteiger partial charge in [-0.25, -0.2) is 9.37 Å². The molecule has 2 N–H and O–H groups in total. The van der Waals surface area contributed by atoms with Gasteiger partial charge in [0.05, 0.1) is 17.2 Å². The molecule has 1 aromatic carbocycles. The summed E-state index contributed by atoms with van der Waals surface area (Å²) in [5, 5.41) is 3.06. The van der Waals surface area contributed by atoms with Gasteiger partial charge in [-0.3, -0.25) is 0 Å². The van der Waals surface area contributed by atoms with E-state index >= 15 is 0 Å². The molecular formula is C13H16FN3S. The van der Waals surface area contributed by atoms with E-state index in [0.29, 0.717) is 13.1 Å². The third-order valence-corrected chi connectivity index (χ3v) is 3.51. The Kier molecular flexibility index (Phi) is 3.93. The summed E-state index contributed by atoms with van der Waals surface area (Å²) in [6, 6.07) is 4.88. The highest BCUT2D eigenvalue weighted by atomic mass is 32.1. The second-order valence-electron chi connectivity index (χ2n) is 4.24. The average molecular weight is 265 g/mol. The monoisotopic (exact) mass is 265 g/mol. The van der Waals surface area contributed by atoms with Crippen LogP contribution in [0.4, 0.5) is 10.1 Å². The van der Waals surface area contributed by atoms with Crippen LogP contribution in [-0.4, -0.2) is 12.0 Å². The lowest BCUT2D eigenvalue weighted by molar-refractivity contribution is 0.624. The SMILES string of the molecule is Cc1nc(CN(C)c2cc(F)cc(CN)c2)cs1. The highest BCUT2D eigenvalue weighted by Gasteiger charge is 2.07. The Morgan fingerprint density at radius 2 is 2.17 bits per heavy atom. The first-order valence-corrected chi connectivity index (χ1v) is 6.58. The Bertz CT molecular complexity index is 539. The molecule has 0 spiro atoms. The van der Waals surface area contributed by atoms with E-state index in [1.807, 2.05) is 30.3 Å². The van der Waals surface area contributed by atoms with Crippen molar-refractivity contribution < 1.29 is 4.39 Å². The van der Waals surface area contributed by atoms with Crippen molar-refractivity contribution in [3.63, 3.8) is 0 Å². The number of anilines is 1. The topological polar surface area (TPSA) is 42.2 Å². The summed E-state index contributed by atoms with van der Waals surface area (Å²) in [4.78, 5) is 6.37. The number of hydrogen-bond donors (Lipinski definition) is 1. The Morgan fingerprint density at radius 3 is 2.78 bits per heavy atom. The number of nitrogens with zero attached hydrogens (tertiary/aromatic N) is 2. The number of benzene rings is 1. The highest BCUT2D eigenvalue weighted by molar-refractivity contribution is 7.09. The maximum atomic E-state index is 13.4. The van der Waals surface area contributed by atoms with Gasteiger partial charge in [0.1, 0.15) is 5.82 Å². The fraction of sp³-hybridized carbons (Fsp3) is 0.308. The van der Waals surface area contributed by atoms with E-state index in [9.17, 15) is 4.39 Å². The molecule has 0 aliphatic carbocycles. The first-order chi connectivity index (χ1) is 8.58. The normalized spacial score (nSPS) is 10.7. The lowest BCUT2D eigenvalue weighted by Crippen LogP contribution is -2.17. The van der Waals surface area contributed by atoms with Crippen LogP contribution in [0.25, 0.3) is 0 Å². The van der Waals surface area contributed by atoms with Crippen LogP contribution in [0.5, 0.6) is 0 Å². The van der Waals surface area contributed by atoms with Gasteiger partial charge in [-0.2, -0.15) is 0 Å². The minimum Gasteiger partial charge on any atom is -0.369 e. The summed E-state index contributed by atoms with van der Waals surface area (Å²) in [6.07, 6.45) is 0. The van der Waals surface area contributed by atoms with Gasteiger partial charge in [-0.1, -0.05) is 0 Å². The van der Waals surface area contributed by atoms with Crippen molar-refractivity contribution >= 4 is 17.0 Å². The Morgan fingerprint density at radius 1 is 1.39 bits per heavy atom. The standard InChI is InChI=1S/C13H16FN3S/c1-9-16-12(8-18-9)7-17(2)13-4-10(6-15)3-11(14)5-13/h3-5,8H,6-7,15H2,1-2H3. The number of rotatable bonds is 4. The highest BCUT2D eigenvalue weighted by Crippen LogP contribution is 2.20. The second-order valence-corrected chi connectivity index (χ2v) is 5.30. The Balaban J connectivity index is 2.17. The van der Waals surface area contributed by atoms with Crippen LogP contribution in [-0.2, 0) is 13.1 Å². The Labute approximate surface area is 110 Å². The molecule has 0 fully saturated rings. The number of hydrogen-bond acceptors (Lipinski definition) is 4. The summed E-state index contributed by atoms with van der Waals surface area (Å²) in [5.74, 6) is -0.255. The fourth-order valence-electron chi connectivity index (χ4n) is 1.79. The van der Waals surface area contributed by atoms with Crippen molar-refractivity contribution in [3.8, 4) is 0 Å². The molecular weight excluding hydrogens is 249 g/mol. The van der Waals surface area contributed by atoms with E-state index in [1.54, 1.807) is 11.3 Å². The average Bonchev–Trinajstić information content (AvgIpc) is 2.73. The fourth-order valence-corrected chi connectivity index (χ4v) is 2.39. The molecule has 0 saturated carbocycles. The van der Waals surface area contributed by atoms with Crippen molar-refractivity contribution in [2.24, 2.45) is 5.73 Å². The Hall–Kier alpha value is -1.46. The number of aryl methyl sites for hydroxylation is 1. The van der Waals surface area contributed by atoms with Crippen LogP contribution in [0.2, 0.25) is 0 Å². The summed E-state index contributed by atoms with van der Waals surface area (Å²) in [7, 11) is 1.92. The molecule has 18 heavy (non-hydrogen) atoms. The molecule has 3 nitrogen and oxygen atoms in total. The largest absolute Gasteiger partial charge is 0.369 e. The second kappa shape index (κ2) is 5.46. The van der Waals surface area contributed by atoms with Crippen LogP contribution >= 0.6 is 11.3 Å². The van der Waals surface area contributed by atoms with Gasteiger partial charge in [-0.15, -0.1) is 11.3 Å². The van der Waals surface area contributed by atoms with Crippen LogP contribution < -0.4 is 10.6 Å². The summed E-state index contributed by atoms with van der Waals surface area (Å²) >= 11 is 1.62. The van der Waals surface area contributed by atoms with Gasteiger partial charge in [0, 0.05) is 24.7 Å². The molecule has 2 rings (SSSR count). The number of thiazole rings is 1. The van der Waals surface area contributed by atoms with Crippen LogP contribution in [0, 0.1) is 12.7 Å². The van der Waals surface area contributed by atoms with Gasteiger partial charge >= 0.3 is 0 Å². The van der Waals surface area contributed by atoms with E-state index in [1.165, 1.54) is 12.1 Å². The zero-order valence-electron chi connectivity index (χ0n) is 10.5. The van der Waals surface area contributed by atoms with Crippen molar-refractivity contribution in [3.05, 3.63) is 45.7 Å². The van der Waals surface area contributed by atoms with Crippen molar-refractivity contribution in [1.29, 1.82) is 0 Å². The van der Waals surface area contributed by atoms with Gasteiger partial charge in [0.2, 0.25) is 0 Å². The lowest BCUT2D eigenvalue weighted by Gasteiger charge is -2.19. The van der Waals surface area contributed by atoms with E-state index < -0.39 is 0 Å². The maximum absolute atomic E-state index is 13.4. The molecule has 0 radical (unpaired) electrons. The predicted molar refractivity (Wildman–Crippen MR) is 73.2 cm³/mol. The summed E-state index contributed by atoms with van der Waals surface area (Å²) in [6.45, 7) is 2.98. The number of aromatic nitrogens is 1. The van der Waals surface area contributed by atoms with Crippen LogP contribution in [0.15, 0.2) is 23.6 Å². The molecule has 0 unspecified atom stereocenters. The summed E-state index contributed by atoms with van der Waals surface area (Å²) < 4.78 is 13.4. The zero-order valence-corrected chi connectivity index (χ0v) is 11.3. The first-order valence-electron chi connectivity index (χ1n) is 5.70. The molecule has 0 atom stereocenters. The maximum Gasteiger partial charge on any atom is 0.125 e. The van der Waals surface area contributed by atoms with E-state index in [-0.39, 0.29) is 5.82 Å². The summed E-state index contributed by atoms with van der Waals surface area (Å²) in [5.41, 5.74) is 8.16. The molecule has 0 amide bonds. The number of halogens is 1. The van der Waals surface area contributed by atoms with Crippen molar-refractivity contribution in [2.45, 2.75) is 20.0 Å². The molecule has 1 aromatic heterocycles. The van der Waals surface area contributed by atoms with Gasteiger partial charge in [0.25, 0.3) is 0 Å². The van der Waals surface area contributed by atoms with Crippen molar-refractivity contribution in [1.82, 2.24) is 4.98 Å². The molecule has 0 aliphatic rings. The van der Waals surface area contributed by atoms with Crippen molar-refractivity contribution in [2.75, 3.05) is 11.9 Å². The zero-order chi connectivity index (χ0) is 13.1. The molecule has 0 bridgehead atoms. The van der Waals surface area contributed by atoms with E-state index in [2.05, 4.69) is 4.98 Å². The lowest BCUT2D eigenvalue weighted by atomic mass is 10.2. The molecule has 1 heterocycles. The van der Waals surface area contributed by atoms with E-state index in [0.717, 1.165) is 22.0 Å². The van der Waals surface area contributed by atoms with Crippen LogP contribution in [0.1, 0.15) is 16.3 Å². The smallest absolute Gasteiger partial charge is 0.125 e. The first kappa shape index (κ1) is 13.0. The molecule has 0 aliphatic heterocycles. The molecule has 96 valence electrons. The van der Waals surface area contributed by atoms with Gasteiger partial charge in [0.15, 0.2) is 0 Å². The minimum atomic E-state index is -0.255. The minimum absolute atomic E-state index is 0.255. The van der Waals surface area contributed by atoms with Gasteiger partial charge < -0.3 is 10.6 Å². The third kappa shape index (κ3) is 3.05. The third-order valence-electron chi connectivity index (χ3n) is 2.68. The van der Waals surface area contributed by atoms with E-state index in [4.69, 9.17) is 5.73 Å². The predicted octanol–water partition coefficient (Wildman–Crippen LogP) is 2.69. The molecule has 2 aromatic rings. The molecule has 5 heteroatoms. The quantitative estimate of drug-likeness (QED) is 0.924. The number of nitrogens with two attached hydrogens (primary N) is 1. The van der Waals surface area contributed by atoms with Gasteiger partial charge in [-0.05, 0) is 30.7 Å². The molecule has 0 saturated heterocycles. The van der Waals surface area contributed by atoms with Crippen LogP contribution in [0.3, 0.4) is 0 Å².